The lowest BCUT2D eigenvalue weighted by Crippen LogP contribution is -2.35. The molecule has 0 atom stereocenters. The van der Waals surface area contributed by atoms with Crippen molar-refractivity contribution in [1.29, 1.82) is 0 Å². The van der Waals surface area contributed by atoms with Gasteiger partial charge in [0.25, 0.3) is 5.91 Å². The van der Waals surface area contributed by atoms with Crippen LogP contribution in [-0.4, -0.2) is 85.8 Å². The Kier molecular flexibility index (Phi) is 11.6. The second-order valence-electron chi connectivity index (χ2n) is 9.99. The number of nitrogen functional groups attached to an aromatic ring is 1. The Hall–Kier alpha value is -4.11. The van der Waals surface area contributed by atoms with Gasteiger partial charge in [-0.25, -0.2) is 18.4 Å². The van der Waals surface area contributed by atoms with Gasteiger partial charge in [0.1, 0.15) is 12.4 Å². The summed E-state index contributed by atoms with van der Waals surface area (Å²) >= 11 is 0. The van der Waals surface area contributed by atoms with Gasteiger partial charge in [0.05, 0.1) is 48.9 Å². The molecule has 0 unspecified atom stereocenters. The molecule has 4 N–H and O–H groups in total. The molecule has 0 spiro atoms. The van der Waals surface area contributed by atoms with Crippen molar-refractivity contribution in [3.8, 4) is 17.0 Å². The van der Waals surface area contributed by atoms with Crippen molar-refractivity contribution in [3.05, 3.63) is 59.9 Å². The van der Waals surface area contributed by atoms with Gasteiger partial charge in [0.15, 0.2) is 11.5 Å². The van der Waals surface area contributed by atoms with E-state index in [-0.39, 0.29) is 75.4 Å². The third-order valence-corrected chi connectivity index (χ3v) is 8.71. The van der Waals surface area contributed by atoms with Crippen LogP contribution >= 0.6 is 0 Å². The number of benzene rings is 2. The molecule has 13 nitrogen and oxygen atoms in total. The molecule has 5 rings (SSSR count). The first kappa shape index (κ1) is 32.8. The number of aromatic nitrogens is 2. The van der Waals surface area contributed by atoms with Gasteiger partial charge in [-0.05, 0) is 36.6 Å². The van der Waals surface area contributed by atoms with Crippen molar-refractivity contribution >= 4 is 33.4 Å². The number of nitrogens with two attached hydrogens (primary N) is 1. The lowest BCUT2D eigenvalue weighted by Gasteiger charge is -2.22. The summed E-state index contributed by atoms with van der Waals surface area (Å²) in [6.45, 7) is 3.15. The molecule has 2 aliphatic rings. The Labute approximate surface area is 256 Å². The van der Waals surface area contributed by atoms with Gasteiger partial charge in [-0.3, -0.25) is 9.59 Å². The molecule has 2 aromatic carbocycles. The third kappa shape index (κ3) is 8.50. The highest BCUT2D eigenvalue weighted by Crippen LogP contribution is 2.31. The van der Waals surface area contributed by atoms with E-state index in [0.29, 0.717) is 22.7 Å². The number of para-hydroxylation sites is 1. The molecule has 236 valence electrons. The van der Waals surface area contributed by atoms with Crippen LogP contribution in [0.4, 0.5) is 11.5 Å². The number of aliphatic carboxylic acids is 1. The van der Waals surface area contributed by atoms with Gasteiger partial charge in [-0.2, -0.15) is 4.31 Å². The van der Waals surface area contributed by atoms with Crippen LogP contribution in [0.5, 0.6) is 5.75 Å². The highest BCUT2D eigenvalue weighted by molar-refractivity contribution is 7.89. The van der Waals surface area contributed by atoms with Crippen LogP contribution in [0.25, 0.3) is 11.3 Å². The van der Waals surface area contributed by atoms with E-state index in [1.54, 1.807) is 18.2 Å². The van der Waals surface area contributed by atoms with Gasteiger partial charge in [-0.15, -0.1) is 0 Å². The number of ether oxygens (including phenoxy) is 3. The molecule has 14 heteroatoms. The zero-order valence-corrected chi connectivity index (χ0v) is 25.3. The van der Waals surface area contributed by atoms with Crippen molar-refractivity contribution in [1.82, 2.24) is 14.3 Å². The molecular formula is C30H37N5O8S. The molecule has 0 saturated heterocycles. The Morgan fingerprint density at radius 2 is 1.80 bits per heavy atom. The first-order valence-corrected chi connectivity index (χ1v) is 15.8. The summed E-state index contributed by atoms with van der Waals surface area (Å²) in [4.78, 5) is 33.0. The number of nitrogens with one attached hydrogen (secondary N) is 1. The summed E-state index contributed by atoms with van der Waals surface area (Å²) in [6, 6.07) is 11.5. The number of fused-ring (bicyclic) bond motifs is 13. The molecular weight excluding hydrogens is 590 g/mol. The van der Waals surface area contributed by atoms with Crippen molar-refractivity contribution in [3.63, 3.8) is 0 Å². The summed E-state index contributed by atoms with van der Waals surface area (Å²) in [5.41, 5.74) is 8.17. The molecule has 0 aliphatic carbocycles. The smallest absolute Gasteiger partial charge is 0.303 e. The van der Waals surface area contributed by atoms with Crippen LogP contribution in [0.1, 0.15) is 42.2 Å². The monoisotopic (exact) mass is 627 g/mol. The fourth-order valence-corrected chi connectivity index (χ4v) is 6.07. The van der Waals surface area contributed by atoms with Crippen LogP contribution in [-0.2, 0) is 30.7 Å². The van der Waals surface area contributed by atoms with Gasteiger partial charge in [0.2, 0.25) is 10.0 Å². The molecule has 1 amide bonds. The van der Waals surface area contributed by atoms with Gasteiger partial charge < -0.3 is 30.4 Å². The number of carboxylic acid groups (broad SMARTS) is 1. The van der Waals surface area contributed by atoms with E-state index in [4.69, 9.17) is 25.1 Å². The minimum Gasteiger partial charge on any atom is -0.489 e. The maximum absolute atomic E-state index is 13.5. The number of sulfonamides is 1. The number of amides is 1. The summed E-state index contributed by atoms with van der Waals surface area (Å²) in [7, 11) is -3.97. The SMILES string of the molecule is CCCc1cccc2c1OCCOCCOCCN(CCCC(=O)O)S(=O)(=O)c1ccc(cc1)-c1cnc(N)c(n1)C(=O)N2. The number of hydrogen-bond donors (Lipinski definition) is 3. The van der Waals surface area contributed by atoms with Crippen molar-refractivity contribution in [2.24, 2.45) is 0 Å². The molecule has 1 aromatic heterocycles. The Morgan fingerprint density at radius 1 is 1.07 bits per heavy atom. The second-order valence-corrected chi connectivity index (χ2v) is 11.9. The lowest BCUT2D eigenvalue weighted by atomic mass is 10.1. The zero-order valence-electron chi connectivity index (χ0n) is 24.5. The van der Waals surface area contributed by atoms with E-state index in [0.717, 1.165) is 18.4 Å². The number of carbonyl (C=O) groups excluding carboxylic acids is 1. The second kappa shape index (κ2) is 15.6. The van der Waals surface area contributed by atoms with Crippen LogP contribution in [0.3, 0.4) is 0 Å². The number of carbonyl (C=O) groups is 2. The molecule has 3 aromatic rings. The fourth-order valence-electron chi connectivity index (χ4n) is 4.60. The van der Waals surface area contributed by atoms with Gasteiger partial charge >= 0.3 is 5.97 Å². The van der Waals surface area contributed by atoms with E-state index < -0.39 is 21.9 Å². The Balaban J connectivity index is 1.66. The number of hydrogen-bond acceptors (Lipinski definition) is 10. The Bertz CT molecular complexity index is 1550. The maximum Gasteiger partial charge on any atom is 0.303 e. The van der Waals surface area contributed by atoms with Crippen molar-refractivity contribution in [2.45, 2.75) is 37.5 Å². The number of rotatable bonds is 6. The summed E-state index contributed by atoms with van der Waals surface area (Å²) in [5, 5.41) is 11.9. The van der Waals surface area contributed by atoms with Crippen molar-refractivity contribution in [2.75, 3.05) is 57.2 Å². The molecule has 2 aliphatic heterocycles. The molecule has 44 heavy (non-hydrogen) atoms. The predicted molar refractivity (Wildman–Crippen MR) is 163 cm³/mol. The molecule has 0 fully saturated rings. The zero-order chi connectivity index (χ0) is 31.5. The van der Waals surface area contributed by atoms with Crippen LogP contribution in [0, 0.1) is 0 Å². The van der Waals surface area contributed by atoms with E-state index in [1.165, 1.54) is 22.6 Å². The first-order valence-electron chi connectivity index (χ1n) is 14.4. The van der Waals surface area contributed by atoms with Crippen LogP contribution in [0.2, 0.25) is 0 Å². The average molecular weight is 628 g/mol. The number of nitrogens with zero attached hydrogens (tertiary/aromatic N) is 3. The normalized spacial score (nSPS) is 16.5. The minimum atomic E-state index is -3.97. The molecule has 0 radical (unpaired) electrons. The van der Waals surface area contributed by atoms with Gasteiger partial charge in [-0.1, -0.05) is 37.6 Å². The highest BCUT2D eigenvalue weighted by Gasteiger charge is 2.25. The largest absolute Gasteiger partial charge is 0.489 e. The topological polar surface area (TPSA) is 183 Å². The fraction of sp³-hybridized carbons (Fsp3) is 0.400. The van der Waals surface area contributed by atoms with E-state index >= 15 is 0 Å². The number of carboxylic acids is 1. The number of aryl methyl sites for hydroxylation is 1. The summed E-state index contributed by atoms with van der Waals surface area (Å²) in [5.74, 6) is -1.12. The Morgan fingerprint density at radius 3 is 2.52 bits per heavy atom. The summed E-state index contributed by atoms with van der Waals surface area (Å²) < 4.78 is 45.5. The summed E-state index contributed by atoms with van der Waals surface area (Å²) in [6.07, 6.45) is 2.99. The third-order valence-electron chi connectivity index (χ3n) is 6.80. The standard InChI is InChI=1S/C30H37N5O8S/c1-2-5-22-6-3-7-24-28(22)43-19-18-42-17-16-41-15-14-35(13-4-8-26(36)37)44(39,40)23-11-9-21(10-12-23)25-20-32-29(31)27(33-25)30(38)34-24/h3,6-7,9-12,20H,2,4-5,8,13-19H2,1H3,(H2,31,32)(H,34,38)(H,36,37). The van der Waals surface area contributed by atoms with Gasteiger partial charge in [0, 0.05) is 25.1 Å². The number of anilines is 2. The molecule has 3 heterocycles. The highest BCUT2D eigenvalue weighted by atomic mass is 32.2. The average Bonchev–Trinajstić information content (AvgIpc) is 3.00. The van der Waals surface area contributed by atoms with E-state index in [9.17, 15) is 18.0 Å². The molecule has 0 saturated carbocycles. The van der Waals surface area contributed by atoms with Crippen molar-refractivity contribution < 1.29 is 37.3 Å². The maximum atomic E-state index is 13.5. The molecule has 4 bridgehead atoms. The lowest BCUT2D eigenvalue weighted by molar-refractivity contribution is -0.137. The quantitative estimate of drug-likeness (QED) is 0.341. The predicted octanol–water partition coefficient (Wildman–Crippen LogP) is 3.21. The van der Waals surface area contributed by atoms with E-state index in [1.807, 2.05) is 12.1 Å². The first-order chi connectivity index (χ1) is 21.2. The minimum absolute atomic E-state index is 0.0109. The van der Waals surface area contributed by atoms with Crippen LogP contribution < -0.4 is 15.8 Å². The van der Waals surface area contributed by atoms with E-state index in [2.05, 4.69) is 22.2 Å². The van der Waals surface area contributed by atoms with Crippen LogP contribution in [0.15, 0.2) is 53.6 Å².